The second-order valence-corrected chi connectivity index (χ2v) is 22.7. The molecule has 0 aliphatic rings. The minimum atomic E-state index is -4.73. The highest BCUT2D eigenvalue weighted by Gasteiger charge is 2.28. The van der Waals surface area contributed by atoms with Gasteiger partial charge in [-0.1, -0.05) is 290 Å². The molecule has 0 aromatic rings. The second-order valence-electron chi connectivity index (χ2n) is 21.2. The van der Waals surface area contributed by atoms with E-state index in [0.29, 0.717) is 19.3 Å². The molecule has 72 heavy (non-hydrogen) atoms. The number of aliphatic hydroxyl groups is 1. The molecule has 0 saturated heterocycles. The summed E-state index contributed by atoms with van der Waals surface area (Å²) in [7, 11) is -4.73. The van der Waals surface area contributed by atoms with Gasteiger partial charge in [0.25, 0.3) is 0 Å². The molecule has 0 radical (unpaired) electrons. The number of ether oxygens (including phenoxy) is 3. The van der Waals surface area contributed by atoms with Crippen molar-refractivity contribution in [2.45, 2.75) is 341 Å². The monoisotopic (exact) mass is 1040 g/mol. The van der Waals surface area contributed by atoms with Gasteiger partial charge in [0.1, 0.15) is 12.7 Å². The van der Waals surface area contributed by atoms with Crippen molar-refractivity contribution < 1.29 is 52.2 Å². The van der Waals surface area contributed by atoms with Crippen LogP contribution in [0.4, 0.5) is 0 Å². The molecular formula is C60H117O11P. The van der Waals surface area contributed by atoms with Crippen LogP contribution in [0.15, 0.2) is 0 Å². The maximum Gasteiger partial charge on any atom is 0.472 e. The van der Waals surface area contributed by atoms with Crippen molar-refractivity contribution >= 4 is 25.7 Å². The summed E-state index contributed by atoms with van der Waals surface area (Å²) in [5.74, 6) is -1.43. The van der Waals surface area contributed by atoms with Crippen molar-refractivity contribution in [3.05, 3.63) is 0 Å². The number of hydrogen-bond acceptors (Lipinski definition) is 10. The largest absolute Gasteiger partial charge is 0.472 e. The predicted molar refractivity (Wildman–Crippen MR) is 298 cm³/mol. The lowest BCUT2D eigenvalue weighted by atomic mass is 10.0. The summed E-state index contributed by atoms with van der Waals surface area (Å²) < 4.78 is 39.6. The molecule has 0 aromatic heterocycles. The van der Waals surface area contributed by atoms with E-state index in [1.165, 1.54) is 212 Å². The van der Waals surface area contributed by atoms with Crippen LogP contribution in [0.3, 0.4) is 0 Å². The lowest BCUT2D eigenvalue weighted by Crippen LogP contribution is -2.30. The van der Waals surface area contributed by atoms with Crippen molar-refractivity contribution in [3.63, 3.8) is 0 Å². The molecule has 0 fully saturated rings. The van der Waals surface area contributed by atoms with Crippen LogP contribution in [0.2, 0.25) is 0 Å². The van der Waals surface area contributed by atoms with Crippen molar-refractivity contribution in [1.29, 1.82) is 0 Å². The molecule has 0 heterocycles. The third kappa shape index (κ3) is 53.3. The number of hydrogen-bond donors (Lipinski definition) is 2. The van der Waals surface area contributed by atoms with Crippen molar-refractivity contribution in [2.24, 2.45) is 0 Å². The molecule has 3 atom stereocenters. The Bertz CT molecular complexity index is 1220. The van der Waals surface area contributed by atoms with Crippen LogP contribution in [0.5, 0.6) is 0 Å². The highest BCUT2D eigenvalue weighted by molar-refractivity contribution is 7.47. The van der Waals surface area contributed by atoms with E-state index in [9.17, 15) is 28.9 Å². The zero-order valence-corrected chi connectivity index (χ0v) is 48.3. The Morgan fingerprint density at radius 1 is 0.333 bits per heavy atom. The number of esters is 3. The van der Waals surface area contributed by atoms with E-state index in [0.717, 1.165) is 57.8 Å². The molecule has 0 rings (SSSR count). The standard InChI is InChI=1S/C60H117O11P/c1-4-7-10-13-16-19-21-23-25-27-28-30-32-34-36-39-42-45-48-51-60(64)71-57(53-67-58(62)49-46-43-40-37-18-15-12-9-6-3)55-69-72(65,66)68-54-56(52-61)70-59(63)50-47-44-41-38-35-33-31-29-26-24-22-20-17-14-11-8-5-2/h56-57,61H,4-55H2,1-3H3,(H,65,66). The molecule has 11 nitrogen and oxygen atoms in total. The number of carbonyl (C=O) groups excluding carboxylic acids is 3. The summed E-state index contributed by atoms with van der Waals surface area (Å²) >= 11 is 0. The van der Waals surface area contributed by atoms with Gasteiger partial charge in [0.2, 0.25) is 0 Å². The minimum absolute atomic E-state index is 0.179. The van der Waals surface area contributed by atoms with E-state index in [1.807, 2.05) is 0 Å². The quantitative estimate of drug-likeness (QED) is 0.0259. The van der Waals surface area contributed by atoms with Gasteiger partial charge in [-0.3, -0.25) is 23.4 Å². The molecule has 0 bridgehead atoms. The summed E-state index contributed by atoms with van der Waals surface area (Å²) in [6.07, 6.45) is 53.5. The van der Waals surface area contributed by atoms with Crippen LogP contribution in [0.25, 0.3) is 0 Å². The van der Waals surface area contributed by atoms with Gasteiger partial charge >= 0.3 is 25.7 Å². The predicted octanol–water partition coefficient (Wildman–Crippen LogP) is 18.3. The van der Waals surface area contributed by atoms with Crippen LogP contribution < -0.4 is 0 Å². The van der Waals surface area contributed by atoms with Crippen LogP contribution in [0.1, 0.15) is 329 Å². The summed E-state index contributed by atoms with van der Waals surface area (Å²) in [4.78, 5) is 48.5. The molecule has 428 valence electrons. The summed E-state index contributed by atoms with van der Waals surface area (Å²) in [6.45, 7) is 4.71. The first-order valence-electron chi connectivity index (χ1n) is 30.9. The molecule has 0 spiro atoms. The number of carbonyl (C=O) groups is 3. The van der Waals surface area contributed by atoms with Gasteiger partial charge < -0.3 is 24.2 Å². The zero-order chi connectivity index (χ0) is 52.7. The Balaban J connectivity index is 4.52. The Hall–Kier alpha value is -1.52. The molecule has 0 saturated carbocycles. The number of unbranched alkanes of at least 4 members (excludes halogenated alkanes) is 42. The van der Waals surface area contributed by atoms with Crippen molar-refractivity contribution in [3.8, 4) is 0 Å². The topological polar surface area (TPSA) is 155 Å². The van der Waals surface area contributed by atoms with E-state index in [-0.39, 0.29) is 25.9 Å². The van der Waals surface area contributed by atoms with Crippen LogP contribution in [-0.2, 0) is 42.2 Å². The molecule has 0 amide bonds. The Kier molecular flexibility index (Phi) is 54.5. The summed E-state index contributed by atoms with van der Waals surface area (Å²) in [5.41, 5.74) is 0. The minimum Gasteiger partial charge on any atom is -0.462 e. The number of aliphatic hydroxyl groups excluding tert-OH is 1. The van der Waals surface area contributed by atoms with E-state index in [2.05, 4.69) is 20.8 Å². The van der Waals surface area contributed by atoms with Crippen molar-refractivity contribution in [1.82, 2.24) is 0 Å². The fourth-order valence-corrected chi connectivity index (χ4v) is 10.1. The summed E-state index contributed by atoms with van der Waals surface area (Å²) in [6, 6.07) is 0. The molecular weight excluding hydrogens is 928 g/mol. The highest BCUT2D eigenvalue weighted by atomic mass is 31.2. The maximum atomic E-state index is 12.9. The Morgan fingerprint density at radius 3 is 0.819 bits per heavy atom. The fraction of sp³-hybridized carbons (Fsp3) is 0.950. The molecule has 3 unspecified atom stereocenters. The lowest BCUT2D eigenvalue weighted by Gasteiger charge is -2.21. The van der Waals surface area contributed by atoms with Crippen LogP contribution in [-0.4, -0.2) is 66.5 Å². The smallest absolute Gasteiger partial charge is 0.462 e. The number of phosphoric acid groups is 1. The lowest BCUT2D eigenvalue weighted by molar-refractivity contribution is -0.161. The zero-order valence-electron chi connectivity index (χ0n) is 47.4. The van der Waals surface area contributed by atoms with Gasteiger partial charge in [-0.2, -0.15) is 0 Å². The SMILES string of the molecule is CCCCCCCCCCCCCCCCCCCCCC(=O)OC(COC(=O)CCCCCCCCCCC)COP(=O)(O)OCC(CO)OC(=O)CCCCCCCCCCCCCCCCCCC. The van der Waals surface area contributed by atoms with Gasteiger partial charge in [0, 0.05) is 19.3 Å². The Labute approximate surface area is 443 Å². The van der Waals surface area contributed by atoms with Gasteiger partial charge in [-0.05, 0) is 19.3 Å². The van der Waals surface area contributed by atoms with Gasteiger partial charge in [-0.15, -0.1) is 0 Å². The molecule has 0 aromatic carbocycles. The average Bonchev–Trinajstić information content (AvgIpc) is 3.37. The van der Waals surface area contributed by atoms with Crippen LogP contribution in [0, 0.1) is 0 Å². The third-order valence-electron chi connectivity index (χ3n) is 14.0. The molecule has 12 heteroatoms. The van der Waals surface area contributed by atoms with E-state index >= 15 is 0 Å². The number of phosphoric ester groups is 1. The number of rotatable bonds is 59. The van der Waals surface area contributed by atoms with Gasteiger partial charge in [0.05, 0.1) is 19.8 Å². The maximum absolute atomic E-state index is 12.9. The highest BCUT2D eigenvalue weighted by Crippen LogP contribution is 2.43. The van der Waals surface area contributed by atoms with Crippen LogP contribution >= 0.6 is 7.82 Å². The van der Waals surface area contributed by atoms with E-state index in [4.69, 9.17) is 23.3 Å². The fourth-order valence-electron chi connectivity index (χ4n) is 9.30. The second kappa shape index (κ2) is 55.7. The first-order chi connectivity index (χ1) is 35.2. The first-order valence-corrected chi connectivity index (χ1v) is 32.4. The van der Waals surface area contributed by atoms with E-state index < -0.39 is 57.8 Å². The van der Waals surface area contributed by atoms with E-state index in [1.54, 1.807) is 0 Å². The molecule has 2 N–H and O–H groups in total. The third-order valence-corrected chi connectivity index (χ3v) is 15.0. The average molecular weight is 1050 g/mol. The normalized spacial score (nSPS) is 13.2. The molecule has 0 aliphatic heterocycles. The summed E-state index contributed by atoms with van der Waals surface area (Å²) in [5, 5.41) is 9.82. The van der Waals surface area contributed by atoms with Gasteiger partial charge in [-0.25, -0.2) is 4.57 Å². The van der Waals surface area contributed by atoms with Crippen molar-refractivity contribution in [2.75, 3.05) is 26.4 Å². The first kappa shape index (κ1) is 70.5. The van der Waals surface area contributed by atoms with Gasteiger partial charge in [0.15, 0.2) is 6.10 Å². The Morgan fingerprint density at radius 2 is 0.556 bits per heavy atom. The molecule has 0 aliphatic carbocycles.